The number of thioether (sulfide) groups is 1. The van der Waals surface area contributed by atoms with Gasteiger partial charge in [-0.2, -0.15) is 0 Å². The zero-order valence-corrected chi connectivity index (χ0v) is 15.7. The zero-order valence-electron chi connectivity index (χ0n) is 13.3. The van der Waals surface area contributed by atoms with Crippen molar-refractivity contribution in [3.8, 4) is 11.1 Å². The quantitative estimate of drug-likeness (QED) is 0.494. The molecule has 2 heterocycles. The van der Waals surface area contributed by atoms with Gasteiger partial charge in [-0.05, 0) is 38.5 Å². The average molecular weight is 379 g/mol. The van der Waals surface area contributed by atoms with Crippen LogP contribution in [0.2, 0.25) is 5.02 Å². The number of fused-ring (bicyclic) bond motifs is 1. The molecule has 24 heavy (non-hydrogen) atoms. The summed E-state index contributed by atoms with van der Waals surface area (Å²) in [6, 6.07) is 7.61. The standard InChI is InChI=1S/C17H15ClN2O2S2/c1-9-12(10-4-6-11(18)7-5-10)13-14(23-9)19-8-20-15(13)24-17(2,3)16(21)22/h4-8H,1-3H3,(H,21,22). The van der Waals surface area contributed by atoms with Gasteiger partial charge in [0.15, 0.2) is 0 Å². The van der Waals surface area contributed by atoms with E-state index in [-0.39, 0.29) is 0 Å². The van der Waals surface area contributed by atoms with Crippen LogP contribution in [0, 0.1) is 6.92 Å². The van der Waals surface area contributed by atoms with Crippen LogP contribution in [0.5, 0.6) is 0 Å². The Balaban J connectivity index is 2.22. The van der Waals surface area contributed by atoms with Gasteiger partial charge in [0, 0.05) is 15.5 Å². The van der Waals surface area contributed by atoms with Crippen molar-refractivity contribution in [3.63, 3.8) is 0 Å². The molecule has 124 valence electrons. The van der Waals surface area contributed by atoms with Gasteiger partial charge in [-0.25, -0.2) is 9.97 Å². The van der Waals surface area contributed by atoms with E-state index < -0.39 is 10.7 Å². The molecule has 0 amide bonds. The van der Waals surface area contributed by atoms with E-state index in [0.717, 1.165) is 26.2 Å². The minimum Gasteiger partial charge on any atom is -0.480 e. The molecule has 3 rings (SSSR count). The molecule has 0 unspecified atom stereocenters. The first-order chi connectivity index (χ1) is 11.3. The first kappa shape index (κ1) is 17.2. The van der Waals surface area contributed by atoms with Gasteiger partial charge in [0.1, 0.15) is 20.9 Å². The van der Waals surface area contributed by atoms with Crippen molar-refractivity contribution in [3.05, 3.63) is 40.5 Å². The van der Waals surface area contributed by atoms with Crippen molar-refractivity contribution in [2.45, 2.75) is 30.5 Å². The summed E-state index contributed by atoms with van der Waals surface area (Å²) in [5.41, 5.74) is 2.06. The molecule has 0 fully saturated rings. The van der Waals surface area contributed by atoms with Crippen molar-refractivity contribution in [2.75, 3.05) is 0 Å². The number of halogens is 1. The highest BCUT2D eigenvalue weighted by Gasteiger charge is 2.31. The molecule has 0 aliphatic carbocycles. The molecule has 0 aliphatic heterocycles. The molecule has 1 N–H and O–H groups in total. The lowest BCUT2D eigenvalue weighted by molar-refractivity contribution is -0.138. The number of benzene rings is 1. The largest absolute Gasteiger partial charge is 0.480 e. The third kappa shape index (κ3) is 3.14. The Bertz CT molecular complexity index is 920. The Morgan fingerprint density at radius 1 is 1.25 bits per heavy atom. The molecule has 0 aliphatic rings. The molecule has 0 saturated heterocycles. The summed E-state index contributed by atoms with van der Waals surface area (Å²) in [6.45, 7) is 5.39. The van der Waals surface area contributed by atoms with Gasteiger partial charge in [-0.3, -0.25) is 4.79 Å². The van der Waals surface area contributed by atoms with E-state index in [0.29, 0.717) is 10.0 Å². The average Bonchev–Trinajstić information content (AvgIpc) is 2.85. The molecule has 7 heteroatoms. The smallest absolute Gasteiger partial charge is 0.319 e. The van der Waals surface area contributed by atoms with Gasteiger partial charge in [0.05, 0.1) is 5.39 Å². The van der Waals surface area contributed by atoms with Crippen LogP contribution in [0.15, 0.2) is 35.6 Å². The highest BCUT2D eigenvalue weighted by atomic mass is 35.5. The third-order valence-corrected chi connectivity index (χ3v) is 6.08. The number of hydrogen-bond acceptors (Lipinski definition) is 5. The fourth-order valence-corrected chi connectivity index (χ4v) is 4.52. The Hall–Kier alpha value is -1.63. The summed E-state index contributed by atoms with van der Waals surface area (Å²) in [4.78, 5) is 22.2. The highest BCUT2D eigenvalue weighted by Crippen LogP contribution is 2.44. The second kappa shape index (κ2) is 6.35. The SMILES string of the molecule is Cc1sc2ncnc(SC(C)(C)C(=O)O)c2c1-c1ccc(Cl)cc1. The lowest BCUT2D eigenvalue weighted by atomic mass is 10.0. The molecule has 0 atom stereocenters. The molecule has 0 spiro atoms. The summed E-state index contributed by atoms with van der Waals surface area (Å²) in [5, 5.41) is 11.7. The van der Waals surface area contributed by atoms with Crippen molar-refractivity contribution < 1.29 is 9.90 Å². The van der Waals surface area contributed by atoms with E-state index in [2.05, 4.69) is 9.97 Å². The van der Waals surface area contributed by atoms with E-state index in [1.54, 1.807) is 25.2 Å². The number of nitrogens with zero attached hydrogens (tertiary/aromatic N) is 2. The highest BCUT2D eigenvalue weighted by molar-refractivity contribution is 8.01. The van der Waals surface area contributed by atoms with Crippen molar-refractivity contribution in [1.29, 1.82) is 0 Å². The normalized spacial score (nSPS) is 11.8. The minimum atomic E-state index is -0.978. The first-order valence-electron chi connectivity index (χ1n) is 7.22. The van der Waals surface area contributed by atoms with E-state index in [1.807, 2.05) is 31.2 Å². The molecule has 2 aromatic heterocycles. The van der Waals surface area contributed by atoms with Crippen LogP contribution < -0.4 is 0 Å². The Kier molecular flexibility index (Phi) is 4.55. The number of rotatable bonds is 4. The van der Waals surface area contributed by atoms with Crippen LogP contribution in [0.1, 0.15) is 18.7 Å². The minimum absolute atomic E-state index is 0.675. The van der Waals surface area contributed by atoms with Gasteiger partial charge in [-0.1, -0.05) is 35.5 Å². The molecular weight excluding hydrogens is 364 g/mol. The van der Waals surface area contributed by atoms with Gasteiger partial charge in [0.2, 0.25) is 0 Å². The predicted molar refractivity (Wildman–Crippen MR) is 100 cm³/mol. The van der Waals surface area contributed by atoms with Gasteiger partial charge in [-0.15, -0.1) is 11.3 Å². The molecular formula is C17H15ClN2O2S2. The predicted octanol–water partition coefficient (Wildman–Crippen LogP) is 5.28. The van der Waals surface area contributed by atoms with Crippen molar-refractivity contribution >= 4 is 50.9 Å². The Labute approximate surface area is 152 Å². The van der Waals surface area contributed by atoms with Crippen LogP contribution >= 0.6 is 34.7 Å². The van der Waals surface area contributed by atoms with E-state index >= 15 is 0 Å². The molecule has 4 nitrogen and oxygen atoms in total. The lowest BCUT2D eigenvalue weighted by Gasteiger charge is -2.18. The van der Waals surface area contributed by atoms with Crippen LogP contribution in [-0.4, -0.2) is 25.8 Å². The second-order valence-electron chi connectivity index (χ2n) is 5.82. The van der Waals surface area contributed by atoms with Crippen LogP contribution in [0.4, 0.5) is 0 Å². The fraction of sp³-hybridized carbons (Fsp3) is 0.235. The summed E-state index contributed by atoms with van der Waals surface area (Å²) < 4.78 is -0.978. The number of carboxylic acid groups (broad SMARTS) is 1. The van der Waals surface area contributed by atoms with Crippen molar-refractivity contribution in [1.82, 2.24) is 9.97 Å². The number of carbonyl (C=O) groups is 1. The molecule has 0 saturated carbocycles. The number of thiophene rings is 1. The molecule has 0 radical (unpaired) electrons. The van der Waals surface area contributed by atoms with Gasteiger partial charge < -0.3 is 5.11 Å². The zero-order chi connectivity index (χ0) is 17.5. The summed E-state index contributed by atoms with van der Waals surface area (Å²) in [5.74, 6) is -0.876. The molecule has 1 aromatic carbocycles. The van der Waals surface area contributed by atoms with Crippen LogP contribution in [0.3, 0.4) is 0 Å². The second-order valence-corrected chi connectivity index (χ2v) is 9.07. The Morgan fingerprint density at radius 3 is 2.54 bits per heavy atom. The maximum atomic E-state index is 11.5. The van der Waals surface area contributed by atoms with E-state index in [9.17, 15) is 9.90 Å². The van der Waals surface area contributed by atoms with E-state index in [4.69, 9.17) is 11.6 Å². The molecule has 3 aromatic rings. The Morgan fingerprint density at radius 2 is 1.92 bits per heavy atom. The van der Waals surface area contributed by atoms with Crippen LogP contribution in [0.25, 0.3) is 21.3 Å². The maximum absolute atomic E-state index is 11.5. The number of aryl methyl sites for hydroxylation is 1. The topological polar surface area (TPSA) is 63.1 Å². The van der Waals surface area contributed by atoms with Gasteiger partial charge >= 0.3 is 5.97 Å². The maximum Gasteiger partial charge on any atom is 0.319 e. The fourth-order valence-electron chi connectivity index (χ4n) is 2.34. The number of hydrogen-bond donors (Lipinski definition) is 1. The monoisotopic (exact) mass is 378 g/mol. The lowest BCUT2D eigenvalue weighted by Crippen LogP contribution is -2.27. The summed E-state index contributed by atoms with van der Waals surface area (Å²) in [7, 11) is 0. The number of carboxylic acids is 1. The number of aliphatic carboxylic acids is 1. The first-order valence-corrected chi connectivity index (χ1v) is 9.23. The summed E-state index contributed by atoms with van der Waals surface area (Å²) >= 11 is 8.81. The summed E-state index contributed by atoms with van der Waals surface area (Å²) in [6.07, 6.45) is 1.49. The molecule has 0 bridgehead atoms. The van der Waals surface area contributed by atoms with Crippen LogP contribution in [-0.2, 0) is 4.79 Å². The van der Waals surface area contributed by atoms with Crippen molar-refractivity contribution in [2.24, 2.45) is 0 Å². The van der Waals surface area contributed by atoms with Gasteiger partial charge in [0.25, 0.3) is 0 Å². The third-order valence-electron chi connectivity index (χ3n) is 3.63. The van der Waals surface area contributed by atoms with E-state index in [1.165, 1.54) is 18.1 Å². The number of aromatic nitrogens is 2.